The van der Waals surface area contributed by atoms with Crippen LogP contribution in [0.1, 0.15) is 84.5 Å². The zero-order valence-electron chi connectivity index (χ0n) is 12.6. The number of unbranched alkanes of at least 4 members (excludes halogenated alkanes) is 6. The van der Waals surface area contributed by atoms with E-state index >= 15 is 0 Å². The van der Waals surface area contributed by atoms with E-state index < -0.39 is 5.97 Å². The molecule has 0 aromatic carbocycles. The summed E-state index contributed by atoms with van der Waals surface area (Å²) in [5, 5.41) is 8.73. The smallest absolute Gasteiger partial charge is 0.303 e. The predicted octanol–water partition coefficient (Wildman–Crippen LogP) is 4.59. The number of carbonyl (C=O) groups is 2. The summed E-state index contributed by atoms with van der Waals surface area (Å²) < 4.78 is 0. The number of hydrogen-bond acceptors (Lipinski definition) is 2. The van der Waals surface area contributed by atoms with Gasteiger partial charge in [0.05, 0.1) is 0 Å². The Balaban J connectivity index is 3.54. The van der Waals surface area contributed by atoms with Crippen molar-refractivity contribution in [2.45, 2.75) is 84.5 Å². The van der Waals surface area contributed by atoms with E-state index in [2.05, 4.69) is 6.92 Å². The molecule has 1 unspecified atom stereocenters. The summed E-state index contributed by atoms with van der Waals surface area (Å²) in [6, 6.07) is 0. The molecule has 0 amide bonds. The van der Waals surface area contributed by atoms with Crippen LogP contribution in [0.2, 0.25) is 0 Å². The number of carbonyl (C=O) groups excluding carboxylic acids is 1. The molecule has 0 saturated carbocycles. The van der Waals surface area contributed by atoms with E-state index in [1.807, 2.05) is 6.92 Å². The van der Waals surface area contributed by atoms with Crippen LogP contribution in [0.15, 0.2) is 0 Å². The molecule has 0 aliphatic carbocycles. The van der Waals surface area contributed by atoms with Crippen LogP contribution in [-0.2, 0) is 9.59 Å². The van der Waals surface area contributed by atoms with Gasteiger partial charge in [-0.1, -0.05) is 58.8 Å². The van der Waals surface area contributed by atoms with Gasteiger partial charge in [0.15, 0.2) is 0 Å². The van der Waals surface area contributed by atoms with E-state index in [1.165, 1.54) is 32.1 Å². The van der Waals surface area contributed by atoms with Gasteiger partial charge in [-0.05, 0) is 12.3 Å². The lowest BCUT2D eigenvalue weighted by Gasteiger charge is -2.11. The monoisotopic (exact) mass is 270 g/mol. The highest BCUT2D eigenvalue weighted by molar-refractivity contribution is 5.79. The van der Waals surface area contributed by atoms with Gasteiger partial charge in [0.1, 0.15) is 5.78 Å². The summed E-state index contributed by atoms with van der Waals surface area (Å²) in [6.45, 7) is 4.16. The minimum absolute atomic E-state index is 0.0227. The molecular weight excluding hydrogens is 240 g/mol. The van der Waals surface area contributed by atoms with Crippen LogP contribution in [0, 0.1) is 5.92 Å². The molecule has 1 atom stereocenters. The first kappa shape index (κ1) is 18.1. The van der Waals surface area contributed by atoms with Crippen molar-refractivity contribution in [2.24, 2.45) is 5.92 Å². The Morgan fingerprint density at radius 1 is 0.895 bits per heavy atom. The van der Waals surface area contributed by atoms with Gasteiger partial charge >= 0.3 is 5.97 Å². The van der Waals surface area contributed by atoms with Gasteiger partial charge in [-0.25, -0.2) is 0 Å². The Morgan fingerprint density at radius 2 is 1.47 bits per heavy atom. The molecule has 0 aliphatic heterocycles. The van der Waals surface area contributed by atoms with Crippen molar-refractivity contribution in [2.75, 3.05) is 0 Å². The van der Waals surface area contributed by atoms with Crippen molar-refractivity contribution < 1.29 is 14.7 Å². The molecule has 0 bridgehead atoms. The standard InChI is InChI=1S/C16H30O3/c1-3-5-6-7-8-9-10-11-15(17)12-14(4-2)13-16(18)19/h14H,3-13H2,1-2H3,(H,18,19). The average molecular weight is 270 g/mol. The van der Waals surface area contributed by atoms with Gasteiger partial charge < -0.3 is 5.11 Å². The molecule has 1 N–H and O–H groups in total. The second-order valence-electron chi connectivity index (χ2n) is 5.49. The van der Waals surface area contributed by atoms with Gasteiger partial charge in [0.25, 0.3) is 0 Å². The molecule has 3 nitrogen and oxygen atoms in total. The minimum atomic E-state index is -0.796. The van der Waals surface area contributed by atoms with E-state index in [9.17, 15) is 9.59 Å². The number of Topliss-reactive ketones (excluding diaryl/α,β-unsaturated/α-hetero) is 1. The molecule has 3 heteroatoms. The maximum atomic E-state index is 11.7. The topological polar surface area (TPSA) is 54.4 Å². The molecule has 0 saturated heterocycles. The Bertz CT molecular complexity index is 248. The quantitative estimate of drug-likeness (QED) is 0.498. The van der Waals surface area contributed by atoms with Crippen LogP contribution >= 0.6 is 0 Å². The van der Waals surface area contributed by atoms with E-state index in [0.29, 0.717) is 12.8 Å². The number of carboxylic acid groups (broad SMARTS) is 1. The Kier molecular flexibility index (Phi) is 11.6. The largest absolute Gasteiger partial charge is 0.481 e. The average Bonchev–Trinajstić information content (AvgIpc) is 2.36. The Hall–Kier alpha value is -0.860. The summed E-state index contributed by atoms with van der Waals surface area (Å²) in [4.78, 5) is 22.4. The lowest BCUT2D eigenvalue weighted by atomic mass is 9.94. The minimum Gasteiger partial charge on any atom is -0.481 e. The first-order chi connectivity index (χ1) is 9.10. The molecule has 0 radical (unpaired) electrons. The maximum absolute atomic E-state index is 11.7. The van der Waals surface area contributed by atoms with Gasteiger partial charge in [0, 0.05) is 19.3 Å². The van der Waals surface area contributed by atoms with Crippen LogP contribution in [0.5, 0.6) is 0 Å². The number of hydrogen-bond donors (Lipinski definition) is 1. The molecule has 19 heavy (non-hydrogen) atoms. The van der Waals surface area contributed by atoms with E-state index in [4.69, 9.17) is 5.11 Å². The summed E-state index contributed by atoms with van der Waals surface area (Å²) >= 11 is 0. The van der Waals surface area contributed by atoms with Crippen LogP contribution in [0.4, 0.5) is 0 Å². The van der Waals surface area contributed by atoms with Crippen molar-refractivity contribution >= 4 is 11.8 Å². The molecular formula is C16H30O3. The second kappa shape index (κ2) is 12.2. The van der Waals surface area contributed by atoms with E-state index in [1.54, 1.807) is 0 Å². The third-order valence-corrected chi connectivity index (χ3v) is 3.62. The van der Waals surface area contributed by atoms with Gasteiger partial charge in [0.2, 0.25) is 0 Å². The van der Waals surface area contributed by atoms with Crippen molar-refractivity contribution in [1.29, 1.82) is 0 Å². The fourth-order valence-corrected chi connectivity index (χ4v) is 2.31. The first-order valence-corrected chi connectivity index (χ1v) is 7.83. The third-order valence-electron chi connectivity index (χ3n) is 3.62. The van der Waals surface area contributed by atoms with Gasteiger partial charge in [-0.15, -0.1) is 0 Å². The van der Waals surface area contributed by atoms with E-state index in [0.717, 1.165) is 19.3 Å². The molecule has 0 aromatic rings. The number of carboxylic acids is 1. The number of aliphatic carboxylic acids is 1. The fourth-order valence-electron chi connectivity index (χ4n) is 2.31. The third kappa shape index (κ3) is 11.9. The molecule has 112 valence electrons. The zero-order chi connectivity index (χ0) is 14.5. The maximum Gasteiger partial charge on any atom is 0.303 e. The summed E-state index contributed by atoms with van der Waals surface area (Å²) in [5.41, 5.74) is 0. The molecule has 0 spiro atoms. The second-order valence-corrected chi connectivity index (χ2v) is 5.49. The van der Waals surface area contributed by atoms with Crippen LogP contribution < -0.4 is 0 Å². The van der Waals surface area contributed by atoms with Crippen molar-refractivity contribution in [3.05, 3.63) is 0 Å². The lowest BCUT2D eigenvalue weighted by molar-refractivity contribution is -0.138. The molecule has 0 fully saturated rings. The summed E-state index contributed by atoms with van der Waals surface area (Å²) in [7, 11) is 0. The lowest BCUT2D eigenvalue weighted by Crippen LogP contribution is -2.12. The normalized spacial score (nSPS) is 12.3. The Morgan fingerprint density at radius 3 is 2.00 bits per heavy atom. The highest BCUT2D eigenvalue weighted by Gasteiger charge is 2.15. The van der Waals surface area contributed by atoms with Crippen LogP contribution in [-0.4, -0.2) is 16.9 Å². The predicted molar refractivity (Wildman–Crippen MR) is 78.3 cm³/mol. The van der Waals surface area contributed by atoms with E-state index in [-0.39, 0.29) is 18.1 Å². The first-order valence-electron chi connectivity index (χ1n) is 7.83. The van der Waals surface area contributed by atoms with Crippen molar-refractivity contribution in [3.63, 3.8) is 0 Å². The summed E-state index contributed by atoms with van der Waals surface area (Å²) in [5.74, 6) is -0.535. The highest BCUT2D eigenvalue weighted by Crippen LogP contribution is 2.16. The van der Waals surface area contributed by atoms with Crippen LogP contribution in [0.25, 0.3) is 0 Å². The molecule has 0 aromatic heterocycles. The number of ketones is 1. The zero-order valence-corrected chi connectivity index (χ0v) is 12.6. The number of rotatable bonds is 13. The van der Waals surface area contributed by atoms with Gasteiger partial charge in [-0.3, -0.25) is 9.59 Å². The SMILES string of the molecule is CCCCCCCCCC(=O)CC(CC)CC(=O)O. The van der Waals surface area contributed by atoms with Gasteiger partial charge in [-0.2, -0.15) is 0 Å². The van der Waals surface area contributed by atoms with Crippen molar-refractivity contribution in [3.8, 4) is 0 Å². The highest BCUT2D eigenvalue weighted by atomic mass is 16.4. The fraction of sp³-hybridized carbons (Fsp3) is 0.875. The Labute approximate surface area is 117 Å². The van der Waals surface area contributed by atoms with Crippen LogP contribution in [0.3, 0.4) is 0 Å². The molecule has 0 rings (SSSR count). The van der Waals surface area contributed by atoms with Crippen molar-refractivity contribution in [1.82, 2.24) is 0 Å². The summed E-state index contributed by atoms with van der Waals surface area (Å²) in [6.07, 6.45) is 10.4. The molecule has 0 aliphatic rings. The molecule has 0 heterocycles.